The van der Waals surface area contributed by atoms with E-state index >= 15 is 0 Å². The van der Waals surface area contributed by atoms with E-state index in [0.717, 1.165) is 12.0 Å². The molecule has 0 aliphatic heterocycles. The van der Waals surface area contributed by atoms with Crippen LogP contribution in [0.3, 0.4) is 0 Å². The molecular formula is C18H27NO5. The fraction of sp³-hybridized carbons (Fsp3) is 0.556. The Hall–Kier alpha value is -2.24. The first kappa shape index (κ1) is 19.8. The smallest absolute Gasteiger partial charge is 0.306 e. The molecule has 1 amide bonds. The lowest BCUT2D eigenvalue weighted by molar-refractivity contribution is -0.155. The van der Waals surface area contributed by atoms with Gasteiger partial charge in [-0.15, -0.1) is 0 Å². The molecule has 0 bridgehead atoms. The molecule has 0 fully saturated rings. The van der Waals surface area contributed by atoms with E-state index in [-0.39, 0.29) is 11.9 Å². The minimum Gasteiger partial charge on any atom is -0.493 e. The number of esters is 1. The summed E-state index contributed by atoms with van der Waals surface area (Å²) in [6.45, 7) is 5.95. The first-order valence-corrected chi connectivity index (χ1v) is 8.05. The number of hydrogen-bond donors (Lipinski definition) is 1. The number of benzene rings is 1. The second-order valence-corrected chi connectivity index (χ2v) is 5.97. The van der Waals surface area contributed by atoms with Crippen molar-refractivity contribution in [1.82, 2.24) is 5.32 Å². The van der Waals surface area contributed by atoms with E-state index < -0.39 is 6.10 Å². The van der Waals surface area contributed by atoms with Gasteiger partial charge >= 0.3 is 5.97 Å². The van der Waals surface area contributed by atoms with Gasteiger partial charge in [-0.25, -0.2) is 0 Å². The molecule has 0 heterocycles. The van der Waals surface area contributed by atoms with Crippen molar-refractivity contribution < 1.29 is 23.8 Å². The van der Waals surface area contributed by atoms with Gasteiger partial charge in [-0.2, -0.15) is 0 Å². The van der Waals surface area contributed by atoms with Gasteiger partial charge in [0.2, 0.25) is 0 Å². The average molecular weight is 337 g/mol. The SMILES string of the molecule is COc1ccc(CNC(=O)[C@H](C)OC(=O)CCC(C)C)cc1OC. The lowest BCUT2D eigenvalue weighted by Crippen LogP contribution is -2.35. The summed E-state index contributed by atoms with van der Waals surface area (Å²) in [4.78, 5) is 23.7. The third-order valence-electron chi connectivity index (χ3n) is 3.52. The Bertz CT molecular complexity index is 556. The van der Waals surface area contributed by atoms with Crippen LogP contribution in [0.4, 0.5) is 0 Å². The number of carbonyl (C=O) groups excluding carboxylic acids is 2. The van der Waals surface area contributed by atoms with Crippen molar-refractivity contribution in [2.24, 2.45) is 5.92 Å². The van der Waals surface area contributed by atoms with Crippen molar-refractivity contribution in [3.63, 3.8) is 0 Å². The summed E-state index contributed by atoms with van der Waals surface area (Å²) in [5, 5.41) is 2.75. The van der Waals surface area contributed by atoms with Crippen LogP contribution in [0, 0.1) is 5.92 Å². The standard InChI is InChI=1S/C18H27NO5/c1-12(2)6-9-17(20)24-13(3)18(21)19-11-14-7-8-15(22-4)16(10-14)23-5/h7-8,10,12-13H,6,9,11H2,1-5H3,(H,19,21)/t13-/m0/s1. The van der Waals surface area contributed by atoms with Crippen LogP contribution in [0.2, 0.25) is 0 Å². The summed E-state index contributed by atoms with van der Waals surface area (Å²) in [7, 11) is 3.12. The Balaban J connectivity index is 2.49. The highest BCUT2D eigenvalue weighted by atomic mass is 16.5. The largest absolute Gasteiger partial charge is 0.493 e. The zero-order valence-corrected chi connectivity index (χ0v) is 15.0. The molecule has 1 rings (SSSR count). The van der Waals surface area contributed by atoms with Crippen molar-refractivity contribution >= 4 is 11.9 Å². The first-order chi connectivity index (χ1) is 11.4. The molecule has 0 radical (unpaired) electrons. The third kappa shape index (κ3) is 6.48. The van der Waals surface area contributed by atoms with E-state index in [4.69, 9.17) is 14.2 Å². The number of amides is 1. The molecule has 0 spiro atoms. The normalized spacial score (nSPS) is 11.8. The summed E-state index contributed by atoms with van der Waals surface area (Å²) in [6.07, 6.45) is 0.258. The summed E-state index contributed by atoms with van der Waals surface area (Å²) >= 11 is 0. The van der Waals surface area contributed by atoms with Crippen LogP contribution in [0.1, 0.15) is 39.2 Å². The van der Waals surface area contributed by atoms with Crippen LogP contribution in [-0.4, -0.2) is 32.2 Å². The molecule has 0 saturated carbocycles. The third-order valence-corrected chi connectivity index (χ3v) is 3.52. The molecule has 1 N–H and O–H groups in total. The lowest BCUT2D eigenvalue weighted by Gasteiger charge is -2.15. The van der Waals surface area contributed by atoms with Gasteiger partial charge in [0.1, 0.15) is 0 Å². The van der Waals surface area contributed by atoms with Gasteiger partial charge in [-0.1, -0.05) is 19.9 Å². The molecule has 1 aromatic rings. The van der Waals surface area contributed by atoms with E-state index in [1.54, 1.807) is 33.3 Å². The quantitative estimate of drug-likeness (QED) is 0.701. The first-order valence-electron chi connectivity index (χ1n) is 8.05. The van der Waals surface area contributed by atoms with Crippen LogP contribution in [0.25, 0.3) is 0 Å². The van der Waals surface area contributed by atoms with Gasteiger partial charge in [0, 0.05) is 13.0 Å². The van der Waals surface area contributed by atoms with Gasteiger partial charge in [0.05, 0.1) is 14.2 Å². The number of carbonyl (C=O) groups is 2. The number of ether oxygens (including phenoxy) is 3. The van der Waals surface area contributed by atoms with Crippen molar-refractivity contribution in [3.8, 4) is 11.5 Å². The molecule has 0 saturated heterocycles. The lowest BCUT2D eigenvalue weighted by atomic mass is 10.1. The fourth-order valence-electron chi connectivity index (χ4n) is 2.04. The Morgan fingerprint density at radius 2 is 1.75 bits per heavy atom. The molecular weight excluding hydrogens is 310 g/mol. The van der Waals surface area contributed by atoms with Crippen molar-refractivity contribution in [3.05, 3.63) is 23.8 Å². The van der Waals surface area contributed by atoms with Crippen LogP contribution in [0.5, 0.6) is 11.5 Å². The molecule has 0 aliphatic carbocycles. The minimum absolute atomic E-state index is 0.313. The highest BCUT2D eigenvalue weighted by Gasteiger charge is 2.17. The number of hydrogen-bond acceptors (Lipinski definition) is 5. The van der Waals surface area contributed by atoms with E-state index in [1.807, 2.05) is 19.9 Å². The van der Waals surface area contributed by atoms with Crippen LogP contribution < -0.4 is 14.8 Å². The highest BCUT2D eigenvalue weighted by molar-refractivity contribution is 5.83. The maximum Gasteiger partial charge on any atom is 0.306 e. The van der Waals surface area contributed by atoms with E-state index in [0.29, 0.717) is 30.4 Å². The van der Waals surface area contributed by atoms with Crippen LogP contribution >= 0.6 is 0 Å². The molecule has 6 heteroatoms. The molecule has 0 aliphatic rings. The summed E-state index contributed by atoms with van der Waals surface area (Å²) < 4.78 is 15.5. The van der Waals surface area contributed by atoms with Gasteiger partial charge in [0.25, 0.3) is 5.91 Å². The molecule has 6 nitrogen and oxygen atoms in total. The van der Waals surface area contributed by atoms with E-state index in [2.05, 4.69) is 5.32 Å². The zero-order valence-electron chi connectivity index (χ0n) is 15.0. The molecule has 0 aromatic heterocycles. The summed E-state index contributed by atoms with van der Waals surface area (Å²) in [6, 6.07) is 5.40. The Morgan fingerprint density at radius 3 is 2.33 bits per heavy atom. The van der Waals surface area contributed by atoms with Gasteiger partial charge < -0.3 is 19.5 Å². The maximum atomic E-state index is 12.0. The summed E-state index contributed by atoms with van der Waals surface area (Å²) in [5.74, 6) is 0.962. The highest BCUT2D eigenvalue weighted by Crippen LogP contribution is 2.27. The maximum absolute atomic E-state index is 12.0. The van der Waals surface area contributed by atoms with Gasteiger partial charge in [0.15, 0.2) is 17.6 Å². The second kappa shape index (κ2) is 9.80. The Labute approximate surface area is 143 Å². The zero-order chi connectivity index (χ0) is 18.1. The molecule has 0 unspecified atom stereocenters. The number of nitrogens with one attached hydrogen (secondary N) is 1. The van der Waals surface area contributed by atoms with Crippen LogP contribution in [0.15, 0.2) is 18.2 Å². The second-order valence-electron chi connectivity index (χ2n) is 5.97. The fourth-order valence-corrected chi connectivity index (χ4v) is 2.04. The van der Waals surface area contributed by atoms with Gasteiger partial charge in [-0.3, -0.25) is 9.59 Å². The predicted molar refractivity (Wildman–Crippen MR) is 91.0 cm³/mol. The van der Waals surface area contributed by atoms with Crippen molar-refractivity contribution in [1.29, 1.82) is 0 Å². The topological polar surface area (TPSA) is 73.9 Å². The van der Waals surface area contributed by atoms with Crippen LogP contribution in [-0.2, 0) is 20.9 Å². The summed E-state index contributed by atoms with van der Waals surface area (Å²) in [5.41, 5.74) is 0.860. The molecule has 134 valence electrons. The van der Waals surface area contributed by atoms with Crippen molar-refractivity contribution in [2.75, 3.05) is 14.2 Å². The predicted octanol–water partition coefficient (Wildman–Crippen LogP) is 2.69. The van der Waals surface area contributed by atoms with Crippen molar-refractivity contribution in [2.45, 2.75) is 46.3 Å². The van der Waals surface area contributed by atoms with Gasteiger partial charge in [-0.05, 0) is 37.0 Å². The molecule has 24 heavy (non-hydrogen) atoms. The monoisotopic (exact) mass is 337 g/mol. The van der Waals surface area contributed by atoms with E-state index in [9.17, 15) is 9.59 Å². The minimum atomic E-state index is -0.815. The van der Waals surface area contributed by atoms with E-state index in [1.165, 1.54) is 0 Å². The molecule has 1 aromatic carbocycles. The number of rotatable bonds is 9. The Morgan fingerprint density at radius 1 is 1.08 bits per heavy atom. The average Bonchev–Trinajstić information content (AvgIpc) is 2.57. The Kier molecular flexibility index (Phi) is 8.09. The number of methoxy groups -OCH3 is 2. The molecule has 1 atom stereocenters.